The van der Waals surface area contributed by atoms with Crippen LogP contribution in [0.15, 0.2) is 163 Å². The minimum atomic E-state index is -0.341. The van der Waals surface area contributed by atoms with Crippen LogP contribution in [0.2, 0.25) is 0 Å². The molecule has 3 heteroatoms. The van der Waals surface area contributed by atoms with Gasteiger partial charge in [-0.15, -0.1) is 0 Å². The van der Waals surface area contributed by atoms with Crippen LogP contribution in [0.4, 0.5) is 5.69 Å². The molecular weight excluding hydrogens is 558 g/mol. The number of hydrogen-bond donors (Lipinski definition) is 1. The van der Waals surface area contributed by atoms with Gasteiger partial charge in [-0.25, -0.2) is 0 Å². The van der Waals surface area contributed by atoms with Gasteiger partial charge in [0.05, 0.1) is 22.5 Å². The highest BCUT2D eigenvalue weighted by Gasteiger charge is 2.57. The van der Waals surface area contributed by atoms with E-state index in [0.29, 0.717) is 5.71 Å². The molecule has 1 aliphatic heterocycles. The van der Waals surface area contributed by atoms with Crippen molar-refractivity contribution in [3.05, 3.63) is 175 Å². The average Bonchev–Trinajstić information content (AvgIpc) is 3.62. The summed E-state index contributed by atoms with van der Waals surface area (Å²) in [6, 6.07) is 40.0. The summed E-state index contributed by atoms with van der Waals surface area (Å²) >= 11 is 0. The van der Waals surface area contributed by atoms with Crippen molar-refractivity contribution in [1.82, 2.24) is 4.57 Å². The second kappa shape index (κ2) is 9.42. The van der Waals surface area contributed by atoms with E-state index in [0.717, 1.165) is 6.42 Å². The molecule has 2 heterocycles. The highest BCUT2D eigenvalue weighted by Crippen LogP contribution is 2.61. The maximum Gasteiger partial charge on any atom is 0.0670 e. The van der Waals surface area contributed by atoms with Crippen molar-refractivity contribution >= 4 is 49.6 Å². The highest BCUT2D eigenvalue weighted by molar-refractivity contribution is 6.21. The van der Waals surface area contributed by atoms with Gasteiger partial charge in [0.1, 0.15) is 0 Å². The topological polar surface area (TPSA) is 32.0 Å². The van der Waals surface area contributed by atoms with Crippen LogP contribution in [0.1, 0.15) is 17.5 Å². The lowest BCUT2D eigenvalue weighted by atomic mass is 9.75. The lowest BCUT2D eigenvalue weighted by Gasteiger charge is -2.34. The molecule has 0 radical (unpaired) electrons. The zero-order valence-corrected chi connectivity index (χ0v) is 25.3. The molecule has 2 unspecified atom stereocenters. The number of fused-ring (bicyclic) bond motifs is 9. The molecule has 0 amide bonds. The summed E-state index contributed by atoms with van der Waals surface area (Å²) in [6.07, 6.45) is 18.5. The van der Waals surface area contributed by atoms with Gasteiger partial charge >= 0.3 is 0 Å². The van der Waals surface area contributed by atoms with Crippen molar-refractivity contribution in [3.63, 3.8) is 0 Å². The SMILES string of the molecule is N=C1C=CC=CC1[C@@]1(c2ccccc2)C=C1N1c2ccc3c(ccc4c5ccccc5n(-c5ccccc5)c34)c2C2=CC=CCC21. The number of allylic oxidation sites excluding steroid dienone is 8. The molecule has 3 nitrogen and oxygen atoms in total. The Bertz CT molecular complexity index is 2420. The quantitative estimate of drug-likeness (QED) is 0.218. The summed E-state index contributed by atoms with van der Waals surface area (Å²) in [5.74, 6) is -0.0350. The van der Waals surface area contributed by atoms with E-state index in [9.17, 15) is 0 Å². The molecule has 0 bridgehead atoms. The van der Waals surface area contributed by atoms with Gasteiger partial charge in [0.15, 0.2) is 0 Å². The van der Waals surface area contributed by atoms with E-state index in [-0.39, 0.29) is 17.4 Å². The van der Waals surface area contributed by atoms with Crippen LogP contribution >= 0.6 is 0 Å². The number of para-hydroxylation sites is 2. The predicted octanol–water partition coefficient (Wildman–Crippen LogP) is 10.1. The van der Waals surface area contributed by atoms with E-state index in [1.54, 1.807) is 0 Å². The van der Waals surface area contributed by atoms with Gasteiger partial charge in [0, 0.05) is 50.4 Å². The van der Waals surface area contributed by atoms with Crippen LogP contribution in [-0.2, 0) is 5.41 Å². The first-order chi connectivity index (χ1) is 22.8. The van der Waals surface area contributed by atoms with E-state index >= 15 is 0 Å². The smallest absolute Gasteiger partial charge is 0.0670 e. The molecule has 0 spiro atoms. The highest BCUT2D eigenvalue weighted by atomic mass is 15.2. The van der Waals surface area contributed by atoms with Crippen molar-refractivity contribution < 1.29 is 0 Å². The number of hydrogen-bond acceptors (Lipinski definition) is 2. The van der Waals surface area contributed by atoms with E-state index < -0.39 is 0 Å². The third-order valence-electron chi connectivity index (χ3n) is 10.5. The van der Waals surface area contributed by atoms with Gasteiger partial charge in [0.25, 0.3) is 0 Å². The van der Waals surface area contributed by atoms with Crippen LogP contribution in [0, 0.1) is 11.3 Å². The van der Waals surface area contributed by atoms with Crippen molar-refractivity contribution in [3.8, 4) is 5.69 Å². The normalized spacial score (nSPS) is 22.8. The Balaban J connectivity index is 1.22. The first-order valence-corrected chi connectivity index (χ1v) is 16.2. The molecule has 218 valence electrons. The van der Waals surface area contributed by atoms with Gasteiger partial charge < -0.3 is 14.9 Å². The largest absolute Gasteiger partial charge is 0.336 e. The zero-order chi connectivity index (χ0) is 30.4. The molecule has 1 N–H and O–H groups in total. The molecule has 1 aromatic heterocycles. The molecule has 4 aliphatic rings. The fourth-order valence-electron chi connectivity index (χ4n) is 8.54. The Kier molecular flexibility index (Phi) is 5.25. The fourth-order valence-corrected chi connectivity index (χ4v) is 8.54. The Morgan fingerprint density at radius 1 is 0.696 bits per heavy atom. The third-order valence-corrected chi connectivity index (χ3v) is 10.5. The first kappa shape index (κ1) is 25.6. The zero-order valence-electron chi connectivity index (χ0n) is 25.3. The van der Waals surface area contributed by atoms with E-state index in [1.807, 2.05) is 12.2 Å². The van der Waals surface area contributed by atoms with Crippen LogP contribution in [-0.4, -0.2) is 16.3 Å². The van der Waals surface area contributed by atoms with Crippen molar-refractivity contribution in [2.75, 3.05) is 4.90 Å². The molecule has 3 atom stereocenters. The fraction of sp³-hybridized carbons (Fsp3) is 0.0930. The second-order valence-corrected chi connectivity index (χ2v) is 12.8. The second-order valence-electron chi connectivity index (χ2n) is 12.8. The number of nitrogens with one attached hydrogen (secondary N) is 1. The van der Waals surface area contributed by atoms with E-state index in [4.69, 9.17) is 5.41 Å². The van der Waals surface area contributed by atoms with E-state index in [2.05, 4.69) is 155 Å². The summed E-state index contributed by atoms with van der Waals surface area (Å²) in [5, 5.41) is 14.1. The molecule has 10 rings (SSSR count). The van der Waals surface area contributed by atoms with Crippen LogP contribution < -0.4 is 4.90 Å². The minimum absolute atomic E-state index is 0.0350. The molecule has 46 heavy (non-hydrogen) atoms. The Morgan fingerprint density at radius 3 is 2.28 bits per heavy atom. The molecule has 0 fully saturated rings. The molecule has 5 aromatic carbocycles. The average molecular weight is 590 g/mol. The summed E-state index contributed by atoms with van der Waals surface area (Å²) in [5.41, 5.74) is 10.5. The number of nitrogens with zero attached hydrogens (tertiary/aromatic N) is 2. The standard InChI is InChI=1S/C43H31N3/c44-36-20-10-9-19-35(36)43(28-13-3-1-4-14-28)27-40(43)46-38-22-12-8-18-34(38)41-31-23-24-32-30-17-7-11-21-37(30)45(29-15-5-2-6-16-29)42(32)33(31)25-26-39(41)46/h1-21,23-27,35,38,44H,22H2/t35?,38?,43-/m0/s1. The monoisotopic (exact) mass is 589 g/mol. The molecule has 3 aliphatic carbocycles. The predicted molar refractivity (Wildman–Crippen MR) is 192 cm³/mol. The summed E-state index contributed by atoms with van der Waals surface area (Å²) in [4.78, 5) is 2.60. The Hall–Kier alpha value is -5.67. The summed E-state index contributed by atoms with van der Waals surface area (Å²) < 4.78 is 2.44. The lowest BCUT2D eigenvalue weighted by Crippen LogP contribution is -2.37. The maximum atomic E-state index is 8.99. The molecule has 0 saturated heterocycles. The van der Waals surface area contributed by atoms with Crippen molar-refractivity contribution in [2.45, 2.75) is 17.9 Å². The number of rotatable bonds is 4. The van der Waals surface area contributed by atoms with Crippen LogP contribution in [0.25, 0.3) is 43.8 Å². The van der Waals surface area contributed by atoms with E-state index in [1.165, 1.54) is 66.4 Å². The maximum absolute atomic E-state index is 8.99. The summed E-state index contributed by atoms with van der Waals surface area (Å²) in [7, 11) is 0. The summed E-state index contributed by atoms with van der Waals surface area (Å²) in [6.45, 7) is 0. The molecule has 6 aromatic rings. The van der Waals surface area contributed by atoms with Gasteiger partial charge in [-0.3, -0.25) is 0 Å². The van der Waals surface area contributed by atoms with Gasteiger partial charge in [0.2, 0.25) is 0 Å². The lowest BCUT2D eigenvalue weighted by molar-refractivity contribution is 0.618. The molecular formula is C43H31N3. The van der Waals surface area contributed by atoms with Crippen LogP contribution in [0.5, 0.6) is 0 Å². The number of anilines is 1. The van der Waals surface area contributed by atoms with Gasteiger partial charge in [-0.05, 0) is 59.4 Å². The Labute approximate surface area is 267 Å². The number of aromatic nitrogens is 1. The first-order valence-electron chi connectivity index (χ1n) is 16.2. The number of benzene rings is 5. The minimum Gasteiger partial charge on any atom is -0.336 e. The third kappa shape index (κ3) is 3.35. The Morgan fingerprint density at radius 2 is 1.43 bits per heavy atom. The molecule has 0 saturated carbocycles. The van der Waals surface area contributed by atoms with Crippen molar-refractivity contribution in [1.29, 1.82) is 5.41 Å². The van der Waals surface area contributed by atoms with Crippen LogP contribution in [0.3, 0.4) is 0 Å². The van der Waals surface area contributed by atoms with Gasteiger partial charge in [-0.1, -0.05) is 121 Å². The van der Waals surface area contributed by atoms with Crippen molar-refractivity contribution in [2.24, 2.45) is 5.92 Å². The van der Waals surface area contributed by atoms with Gasteiger partial charge in [-0.2, -0.15) is 0 Å².